The predicted octanol–water partition coefficient (Wildman–Crippen LogP) is 4.81. The van der Waals surface area contributed by atoms with Crippen molar-refractivity contribution < 1.29 is 0 Å². The average molecular weight is 306 g/mol. The lowest BCUT2D eigenvalue weighted by atomic mass is 9.63. The van der Waals surface area contributed by atoms with Gasteiger partial charge in [0.15, 0.2) is 0 Å². The molecule has 0 nitrogen and oxygen atoms in total. The molecule has 0 aliphatic heterocycles. The smallest absolute Gasteiger partial charge is 0.0138 e. The van der Waals surface area contributed by atoms with Crippen molar-refractivity contribution in [3.8, 4) is 0 Å². The van der Waals surface area contributed by atoms with Crippen LogP contribution in [0.1, 0.15) is 59.3 Å². The molecule has 14 heavy (non-hydrogen) atoms. The van der Waals surface area contributed by atoms with Crippen LogP contribution in [0, 0.1) is 16.7 Å². The van der Waals surface area contributed by atoms with Gasteiger partial charge in [-0.15, -0.1) is 0 Å². The zero-order valence-corrected chi connectivity index (χ0v) is 11.9. The lowest BCUT2D eigenvalue weighted by molar-refractivity contribution is 0.0967. The Morgan fingerprint density at radius 3 is 2.07 bits per heavy atom. The highest BCUT2D eigenvalue weighted by Crippen LogP contribution is 2.63. The van der Waals surface area contributed by atoms with Crippen LogP contribution < -0.4 is 0 Å². The van der Waals surface area contributed by atoms with E-state index in [0.717, 1.165) is 20.7 Å². The van der Waals surface area contributed by atoms with Gasteiger partial charge in [-0.2, -0.15) is 0 Å². The Kier molecular flexibility index (Phi) is 2.92. The van der Waals surface area contributed by atoms with Gasteiger partial charge in [-0.05, 0) is 48.9 Å². The summed E-state index contributed by atoms with van der Waals surface area (Å²) >= 11 is 2.67. The molecule has 2 rings (SSSR count). The van der Waals surface area contributed by atoms with Crippen molar-refractivity contribution in [1.29, 1.82) is 0 Å². The first-order valence-electron chi connectivity index (χ1n) is 6.15. The molecule has 3 atom stereocenters. The molecule has 0 amide bonds. The molecule has 0 heterocycles. The Bertz CT molecular complexity index is 199. The Hall–Kier alpha value is 0.730. The molecule has 2 aliphatic rings. The van der Waals surface area contributed by atoms with Gasteiger partial charge in [0.25, 0.3) is 0 Å². The van der Waals surface area contributed by atoms with Crippen molar-refractivity contribution in [3.63, 3.8) is 0 Å². The van der Waals surface area contributed by atoms with Gasteiger partial charge < -0.3 is 0 Å². The average Bonchev–Trinajstić information content (AvgIpc) is 2.41. The van der Waals surface area contributed by atoms with Gasteiger partial charge in [0, 0.05) is 3.92 Å². The van der Waals surface area contributed by atoms with Crippen molar-refractivity contribution in [1.82, 2.24) is 0 Å². The summed E-state index contributed by atoms with van der Waals surface area (Å²) in [6.07, 6.45) is 9.06. The van der Waals surface area contributed by atoms with Crippen molar-refractivity contribution in [2.75, 3.05) is 0 Å². The molecule has 3 unspecified atom stereocenters. The first kappa shape index (κ1) is 11.2. The van der Waals surface area contributed by atoms with Crippen LogP contribution in [0.5, 0.6) is 0 Å². The minimum atomic E-state index is 0.725. The van der Waals surface area contributed by atoms with Gasteiger partial charge in [0.2, 0.25) is 0 Å². The number of hydrogen-bond acceptors (Lipinski definition) is 0. The first-order chi connectivity index (χ1) is 6.51. The SMILES string of the molecule is CC(C)C12CCCC(C(C)I)(CC1)C2. The van der Waals surface area contributed by atoms with Crippen LogP contribution in [0.2, 0.25) is 0 Å². The zero-order chi connectivity index (χ0) is 10.4. The summed E-state index contributed by atoms with van der Waals surface area (Å²) in [5.41, 5.74) is 1.46. The van der Waals surface area contributed by atoms with E-state index in [-0.39, 0.29) is 0 Å². The highest BCUT2D eigenvalue weighted by Gasteiger charge is 2.53. The van der Waals surface area contributed by atoms with E-state index >= 15 is 0 Å². The number of hydrogen-bond donors (Lipinski definition) is 0. The van der Waals surface area contributed by atoms with Gasteiger partial charge in [0.1, 0.15) is 0 Å². The van der Waals surface area contributed by atoms with E-state index in [2.05, 4.69) is 43.4 Å². The summed E-state index contributed by atoms with van der Waals surface area (Å²) in [6, 6.07) is 0. The number of halogens is 1. The summed E-state index contributed by atoms with van der Waals surface area (Å²) in [7, 11) is 0. The zero-order valence-electron chi connectivity index (χ0n) is 9.78. The molecule has 0 N–H and O–H groups in total. The maximum atomic E-state index is 2.67. The molecule has 0 spiro atoms. The van der Waals surface area contributed by atoms with Crippen molar-refractivity contribution in [2.45, 2.75) is 63.2 Å². The van der Waals surface area contributed by atoms with E-state index in [9.17, 15) is 0 Å². The standard InChI is InChI=1S/C13H23I/c1-10(2)12-5-4-6-13(9-12,8-7-12)11(3)14/h10-11H,4-9H2,1-3H3. The second-order valence-electron chi connectivity index (χ2n) is 6.03. The Morgan fingerprint density at radius 2 is 1.50 bits per heavy atom. The van der Waals surface area contributed by atoms with Gasteiger partial charge in [-0.1, -0.05) is 49.8 Å². The third-order valence-corrected chi connectivity index (χ3v) is 6.56. The molecule has 82 valence electrons. The van der Waals surface area contributed by atoms with Gasteiger partial charge in [0.05, 0.1) is 0 Å². The van der Waals surface area contributed by atoms with Crippen LogP contribution in [0.25, 0.3) is 0 Å². The summed E-state index contributed by atoms with van der Waals surface area (Å²) in [4.78, 5) is 0. The normalized spacial score (nSPS) is 44.4. The highest BCUT2D eigenvalue weighted by molar-refractivity contribution is 14.1. The van der Waals surface area contributed by atoms with E-state index in [4.69, 9.17) is 0 Å². The largest absolute Gasteiger partial charge is 0.0823 e. The van der Waals surface area contributed by atoms with Crippen molar-refractivity contribution in [3.05, 3.63) is 0 Å². The molecular weight excluding hydrogens is 283 g/mol. The molecule has 2 fully saturated rings. The summed E-state index contributed by atoms with van der Waals surface area (Å²) in [6.45, 7) is 7.32. The molecule has 0 aromatic heterocycles. The summed E-state index contributed by atoms with van der Waals surface area (Å²) in [5.74, 6) is 0.903. The van der Waals surface area contributed by atoms with E-state index < -0.39 is 0 Å². The van der Waals surface area contributed by atoms with Crippen LogP contribution in [0.3, 0.4) is 0 Å². The van der Waals surface area contributed by atoms with Gasteiger partial charge in [-0.25, -0.2) is 0 Å². The maximum absolute atomic E-state index is 2.67. The molecule has 1 heteroatoms. The molecule has 0 aromatic rings. The monoisotopic (exact) mass is 306 g/mol. The minimum absolute atomic E-state index is 0.725. The van der Waals surface area contributed by atoms with Crippen LogP contribution in [0.4, 0.5) is 0 Å². The lowest BCUT2D eigenvalue weighted by Crippen LogP contribution is -2.35. The fourth-order valence-corrected chi connectivity index (χ4v) is 4.76. The van der Waals surface area contributed by atoms with Gasteiger partial charge >= 0.3 is 0 Å². The van der Waals surface area contributed by atoms with Crippen LogP contribution in [-0.4, -0.2) is 3.92 Å². The molecule has 2 saturated carbocycles. The third-order valence-electron chi connectivity index (χ3n) is 5.24. The Balaban J connectivity index is 2.22. The van der Waals surface area contributed by atoms with E-state index in [1.807, 2.05) is 0 Å². The second-order valence-corrected chi connectivity index (χ2v) is 7.89. The first-order valence-corrected chi connectivity index (χ1v) is 7.39. The van der Waals surface area contributed by atoms with Gasteiger partial charge in [-0.3, -0.25) is 0 Å². The number of rotatable bonds is 2. The molecule has 2 aliphatic carbocycles. The second kappa shape index (κ2) is 3.64. The number of fused-ring (bicyclic) bond motifs is 2. The maximum Gasteiger partial charge on any atom is 0.0138 e. The van der Waals surface area contributed by atoms with Crippen molar-refractivity contribution in [2.24, 2.45) is 16.7 Å². The molecular formula is C13H23I. The Morgan fingerprint density at radius 1 is 0.929 bits per heavy atom. The van der Waals surface area contributed by atoms with E-state index in [0.29, 0.717) is 0 Å². The topological polar surface area (TPSA) is 0 Å². The molecule has 0 aromatic carbocycles. The summed E-state index contributed by atoms with van der Waals surface area (Å²) < 4.78 is 0.876. The molecule has 0 saturated heterocycles. The fraction of sp³-hybridized carbons (Fsp3) is 1.00. The minimum Gasteiger partial charge on any atom is -0.0823 e. The molecule has 2 bridgehead atoms. The fourth-order valence-electron chi connectivity index (χ4n) is 3.92. The molecule has 0 radical (unpaired) electrons. The lowest BCUT2D eigenvalue weighted by Gasteiger charge is -2.43. The summed E-state index contributed by atoms with van der Waals surface area (Å²) in [5, 5.41) is 0. The third kappa shape index (κ3) is 1.54. The van der Waals surface area contributed by atoms with Crippen LogP contribution in [-0.2, 0) is 0 Å². The number of alkyl halides is 1. The van der Waals surface area contributed by atoms with Crippen molar-refractivity contribution >= 4 is 22.6 Å². The van der Waals surface area contributed by atoms with Crippen LogP contribution in [0.15, 0.2) is 0 Å². The predicted molar refractivity (Wildman–Crippen MR) is 70.9 cm³/mol. The van der Waals surface area contributed by atoms with Crippen LogP contribution >= 0.6 is 22.6 Å². The quantitative estimate of drug-likeness (QED) is 0.507. The highest BCUT2D eigenvalue weighted by atomic mass is 127. The van der Waals surface area contributed by atoms with E-state index in [1.165, 1.54) is 38.5 Å². The van der Waals surface area contributed by atoms with E-state index in [1.54, 1.807) is 0 Å². The Labute approximate surface area is 102 Å².